The van der Waals surface area contributed by atoms with Gasteiger partial charge in [-0.1, -0.05) is 0 Å². The quantitative estimate of drug-likeness (QED) is 0.657. The second-order valence-electron chi connectivity index (χ2n) is 3.81. The van der Waals surface area contributed by atoms with Crippen LogP contribution in [0.3, 0.4) is 0 Å². The van der Waals surface area contributed by atoms with E-state index in [4.69, 9.17) is 4.74 Å². The number of hydrogen-bond acceptors (Lipinski definition) is 5. The van der Waals surface area contributed by atoms with Crippen molar-refractivity contribution in [3.05, 3.63) is 0 Å². The number of hydrogen-bond donors (Lipinski definition) is 1. The molecular formula is C10H19NO4S. The van der Waals surface area contributed by atoms with Crippen LogP contribution in [-0.4, -0.2) is 64.0 Å². The van der Waals surface area contributed by atoms with Crippen LogP contribution < -0.4 is 0 Å². The van der Waals surface area contributed by atoms with Crippen molar-refractivity contribution in [1.82, 2.24) is 4.90 Å². The van der Waals surface area contributed by atoms with Gasteiger partial charge in [-0.05, 0) is 6.92 Å². The standard InChI is InChI=1S/C10H19NO4S/c1-2-15-10(13)7-9(12)8-11-3-5-16(14)6-4-11/h9,12H,2-8H2,1H3. The van der Waals surface area contributed by atoms with Crippen LogP contribution in [0, 0.1) is 0 Å². The van der Waals surface area contributed by atoms with Gasteiger partial charge in [-0.3, -0.25) is 13.9 Å². The summed E-state index contributed by atoms with van der Waals surface area (Å²) in [5, 5.41) is 9.65. The maximum absolute atomic E-state index is 11.1. The van der Waals surface area contributed by atoms with Gasteiger partial charge in [-0.25, -0.2) is 0 Å². The minimum absolute atomic E-state index is 0.0351. The molecule has 1 rings (SSSR count). The number of ether oxygens (including phenoxy) is 1. The lowest BCUT2D eigenvalue weighted by Crippen LogP contribution is -2.42. The zero-order valence-electron chi connectivity index (χ0n) is 9.55. The second-order valence-corrected chi connectivity index (χ2v) is 5.51. The van der Waals surface area contributed by atoms with Gasteiger partial charge in [0.2, 0.25) is 0 Å². The largest absolute Gasteiger partial charge is 0.466 e. The summed E-state index contributed by atoms with van der Waals surface area (Å²) in [7, 11) is -0.704. The molecule has 0 amide bonds. The highest BCUT2D eigenvalue weighted by Crippen LogP contribution is 2.04. The van der Waals surface area contributed by atoms with E-state index in [-0.39, 0.29) is 12.4 Å². The van der Waals surface area contributed by atoms with Crippen LogP contribution in [0.1, 0.15) is 13.3 Å². The van der Waals surface area contributed by atoms with Crippen molar-refractivity contribution < 1.29 is 18.8 Å². The molecule has 5 nitrogen and oxygen atoms in total. The van der Waals surface area contributed by atoms with Crippen LogP contribution in [0.25, 0.3) is 0 Å². The lowest BCUT2D eigenvalue weighted by Gasteiger charge is -2.27. The highest BCUT2D eigenvalue weighted by molar-refractivity contribution is 7.85. The molecule has 1 heterocycles. The number of esters is 1. The smallest absolute Gasteiger partial charge is 0.308 e. The lowest BCUT2D eigenvalue weighted by molar-refractivity contribution is -0.145. The van der Waals surface area contributed by atoms with Crippen molar-refractivity contribution in [2.45, 2.75) is 19.4 Å². The number of nitrogens with zero attached hydrogens (tertiary/aromatic N) is 1. The van der Waals surface area contributed by atoms with E-state index in [0.29, 0.717) is 24.7 Å². The summed E-state index contributed by atoms with van der Waals surface area (Å²) in [6.45, 7) is 3.99. The van der Waals surface area contributed by atoms with Crippen LogP contribution in [0.5, 0.6) is 0 Å². The van der Waals surface area contributed by atoms with E-state index in [2.05, 4.69) is 0 Å². The van der Waals surface area contributed by atoms with E-state index in [1.165, 1.54) is 0 Å². The third-order valence-electron chi connectivity index (χ3n) is 2.45. The van der Waals surface area contributed by atoms with E-state index in [1.54, 1.807) is 6.92 Å². The fourth-order valence-electron chi connectivity index (χ4n) is 1.63. The molecule has 0 saturated carbocycles. The summed E-state index contributed by atoms with van der Waals surface area (Å²) in [5.41, 5.74) is 0. The summed E-state index contributed by atoms with van der Waals surface area (Å²) in [6, 6.07) is 0. The van der Waals surface area contributed by atoms with E-state index in [1.807, 2.05) is 4.90 Å². The van der Waals surface area contributed by atoms with Crippen molar-refractivity contribution in [3.8, 4) is 0 Å². The molecule has 0 aromatic rings. The van der Waals surface area contributed by atoms with Crippen LogP contribution in [-0.2, 0) is 20.3 Å². The predicted octanol–water partition coefficient (Wildman–Crippen LogP) is -0.635. The van der Waals surface area contributed by atoms with E-state index in [0.717, 1.165) is 13.1 Å². The Morgan fingerprint density at radius 1 is 1.50 bits per heavy atom. The number of aliphatic hydroxyl groups is 1. The third-order valence-corrected chi connectivity index (χ3v) is 3.72. The molecule has 16 heavy (non-hydrogen) atoms. The first-order valence-electron chi connectivity index (χ1n) is 5.52. The molecule has 1 unspecified atom stereocenters. The maximum Gasteiger partial charge on any atom is 0.308 e. The Kier molecular flexibility index (Phi) is 5.94. The van der Waals surface area contributed by atoms with Crippen molar-refractivity contribution in [2.24, 2.45) is 0 Å². The van der Waals surface area contributed by atoms with Gasteiger partial charge in [0.05, 0.1) is 19.1 Å². The Balaban J connectivity index is 2.20. The summed E-state index contributed by atoms with van der Waals surface area (Å²) < 4.78 is 15.9. The van der Waals surface area contributed by atoms with E-state index >= 15 is 0 Å². The lowest BCUT2D eigenvalue weighted by atomic mass is 10.2. The normalized spacial score (nSPS) is 20.6. The second kappa shape index (κ2) is 6.98. The van der Waals surface area contributed by atoms with Crippen molar-refractivity contribution in [1.29, 1.82) is 0 Å². The molecular weight excluding hydrogens is 230 g/mol. The first kappa shape index (κ1) is 13.6. The Bertz CT molecular complexity index is 249. The Morgan fingerprint density at radius 2 is 2.12 bits per heavy atom. The van der Waals surface area contributed by atoms with Gasteiger partial charge in [0.15, 0.2) is 0 Å². The highest BCUT2D eigenvalue weighted by Gasteiger charge is 2.19. The van der Waals surface area contributed by atoms with Crippen LogP contribution >= 0.6 is 0 Å². The summed E-state index contributed by atoms with van der Waals surface area (Å²) >= 11 is 0. The van der Waals surface area contributed by atoms with Crippen molar-refractivity contribution in [2.75, 3.05) is 37.7 Å². The van der Waals surface area contributed by atoms with Gasteiger partial charge in [0.1, 0.15) is 0 Å². The monoisotopic (exact) mass is 249 g/mol. The zero-order chi connectivity index (χ0) is 12.0. The van der Waals surface area contributed by atoms with Gasteiger partial charge in [-0.2, -0.15) is 0 Å². The average Bonchev–Trinajstić information content (AvgIpc) is 2.21. The first-order valence-corrected chi connectivity index (χ1v) is 7.01. The van der Waals surface area contributed by atoms with Crippen LogP contribution in [0.4, 0.5) is 0 Å². The van der Waals surface area contributed by atoms with Gasteiger partial charge in [-0.15, -0.1) is 0 Å². The fraction of sp³-hybridized carbons (Fsp3) is 0.900. The number of carbonyl (C=O) groups excluding carboxylic acids is 1. The Labute approximate surface area is 98.2 Å². The number of aliphatic hydroxyl groups excluding tert-OH is 1. The topological polar surface area (TPSA) is 66.8 Å². The number of carbonyl (C=O) groups is 1. The minimum atomic E-state index is -0.704. The molecule has 0 spiro atoms. The SMILES string of the molecule is CCOC(=O)CC(O)CN1CCS(=O)CC1. The molecule has 0 aromatic heterocycles. The van der Waals surface area contributed by atoms with Crippen molar-refractivity contribution in [3.63, 3.8) is 0 Å². The first-order chi connectivity index (χ1) is 7.61. The Hall–Kier alpha value is -0.460. The molecule has 1 aliphatic rings. The Morgan fingerprint density at radius 3 is 2.69 bits per heavy atom. The van der Waals surface area contributed by atoms with Crippen LogP contribution in [0.2, 0.25) is 0 Å². The molecule has 0 radical (unpaired) electrons. The molecule has 1 atom stereocenters. The van der Waals surface area contributed by atoms with Gasteiger partial charge in [0.25, 0.3) is 0 Å². The maximum atomic E-state index is 11.1. The third kappa shape index (κ3) is 5.05. The van der Waals surface area contributed by atoms with Gasteiger partial charge >= 0.3 is 5.97 Å². The zero-order valence-corrected chi connectivity index (χ0v) is 10.4. The molecule has 1 aliphatic heterocycles. The summed E-state index contributed by atoms with van der Waals surface area (Å²) in [5.74, 6) is 0.953. The fourth-order valence-corrected chi connectivity index (χ4v) is 2.76. The summed E-state index contributed by atoms with van der Waals surface area (Å²) in [6.07, 6.45) is -0.654. The molecule has 0 aromatic carbocycles. The molecule has 1 N–H and O–H groups in total. The van der Waals surface area contributed by atoms with E-state index < -0.39 is 16.9 Å². The van der Waals surface area contributed by atoms with Crippen molar-refractivity contribution >= 4 is 16.8 Å². The molecule has 0 aliphatic carbocycles. The van der Waals surface area contributed by atoms with Crippen LogP contribution in [0.15, 0.2) is 0 Å². The minimum Gasteiger partial charge on any atom is -0.466 e. The number of rotatable bonds is 5. The number of β-amino-alcohol motifs (C(OH)–C–C–N with tert-alkyl or cyclic N) is 1. The molecule has 1 fully saturated rings. The van der Waals surface area contributed by atoms with E-state index in [9.17, 15) is 14.1 Å². The molecule has 0 bridgehead atoms. The molecule has 94 valence electrons. The van der Waals surface area contributed by atoms with Gasteiger partial charge < -0.3 is 9.84 Å². The summed E-state index contributed by atoms with van der Waals surface area (Å²) in [4.78, 5) is 13.1. The predicted molar refractivity (Wildman–Crippen MR) is 61.6 cm³/mol. The molecule has 1 saturated heterocycles. The highest BCUT2D eigenvalue weighted by atomic mass is 32.2. The average molecular weight is 249 g/mol. The molecule has 6 heteroatoms. The van der Waals surface area contributed by atoms with Gasteiger partial charge in [0, 0.05) is 41.9 Å².